The van der Waals surface area contributed by atoms with Crippen LogP contribution in [0, 0.1) is 0 Å². The van der Waals surface area contributed by atoms with Crippen LogP contribution in [0.3, 0.4) is 0 Å². The summed E-state index contributed by atoms with van der Waals surface area (Å²) >= 11 is 0. The van der Waals surface area contributed by atoms with Gasteiger partial charge in [0.15, 0.2) is 28.7 Å². The average Bonchev–Trinajstić information content (AvgIpc) is 3.22. The molecule has 0 aliphatic carbocycles. The van der Waals surface area contributed by atoms with Gasteiger partial charge in [0.25, 0.3) is 0 Å². The summed E-state index contributed by atoms with van der Waals surface area (Å²) in [6, 6.07) is 12.9. The molecule has 0 atom stereocenters. The standard InChI is InChI=1S/C22H20N4O3/c1-14(27)15-4-6-16(7-5-15)18-13-26-11-10-23-22(26)21(25-18)24-17-8-9-19(28-2)20(12-17)29-3/h4-13H,1-3H3,(H,24,25). The SMILES string of the molecule is COc1ccc(Nc2nc(-c3ccc(C(C)=O)cc3)cn3ccnc23)cc1OC. The average molecular weight is 388 g/mol. The second-order valence-corrected chi connectivity index (χ2v) is 6.46. The zero-order valence-corrected chi connectivity index (χ0v) is 16.3. The number of rotatable bonds is 6. The number of hydrogen-bond donors (Lipinski definition) is 1. The summed E-state index contributed by atoms with van der Waals surface area (Å²) in [7, 11) is 3.19. The second-order valence-electron chi connectivity index (χ2n) is 6.46. The fraction of sp³-hybridized carbons (Fsp3) is 0.136. The number of ketones is 1. The number of nitrogens with one attached hydrogen (secondary N) is 1. The molecule has 0 unspecified atom stereocenters. The predicted molar refractivity (Wildman–Crippen MR) is 111 cm³/mol. The van der Waals surface area contributed by atoms with Crippen molar-refractivity contribution in [2.75, 3.05) is 19.5 Å². The molecule has 2 aromatic carbocycles. The van der Waals surface area contributed by atoms with Gasteiger partial charge in [-0.05, 0) is 19.1 Å². The number of carbonyl (C=O) groups excluding carboxylic acids is 1. The number of methoxy groups -OCH3 is 2. The lowest BCUT2D eigenvalue weighted by Crippen LogP contribution is -2.01. The van der Waals surface area contributed by atoms with E-state index >= 15 is 0 Å². The molecule has 29 heavy (non-hydrogen) atoms. The number of benzene rings is 2. The normalized spacial score (nSPS) is 10.7. The number of anilines is 2. The summed E-state index contributed by atoms with van der Waals surface area (Å²) < 4.78 is 12.6. The van der Waals surface area contributed by atoms with E-state index in [0.29, 0.717) is 28.5 Å². The van der Waals surface area contributed by atoms with E-state index in [1.54, 1.807) is 39.5 Å². The molecule has 0 saturated carbocycles. The highest BCUT2D eigenvalue weighted by atomic mass is 16.5. The number of carbonyl (C=O) groups is 1. The van der Waals surface area contributed by atoms with Crippen molar-refractivity contribution < 1.29 is 14.3 Å². The van der Waals surface area contributed by atoms with Crippen LogP contribution in [0.15, 0.2) is 61.1 Å². The lowest BCUT2D eigenvalue weighted by Gasteiger charge is -2.13. The van der Waals surface area contributed by atoms with Crippen molar-refractivity contribution in [3.63, 3.8) is 0 Å². The Morgan fingerprint density at radius 1 is 1.03 bits per heavy atom. The van der Waals surface area contributed by atoms with Crippen molar-refractivity contribution in [2.24, 2.45) is 0 Å². The lowest BCUT2D eigenvalue weighted by atomic mass is 10.1. The molecule has 2 heterocycles. The monoisotopic (exact) mass is 388 g/mol. The van der Waals surface area contributed by atoms with Gasteiger partial charge in [0, 0.05) is 41.5 Å². The molecule has 7 heteroatoms. The molecule has 7 nitrogen and oxygen atoms in total. The van der Waals surface area contributed by atoms with Crippen LogP contribution >= 0.6 is 0 Å². The molecule has 0 radical (unpaired) electrons. The van der Waals surface area contributed by atoms with Crippen molar-refractivity contribution in [3.05, 3.63) is 66.6 Å². The molecule has 0 saturated heterocycles. The van der Waals surface area contributed by atoms with Crippen LogP contribution in [0.4, 0.5) is 11.5 Å². The number of fused-ring (bicyclic) bond motifs is 1. The maximum atomic E-state index is 11.5. The van der Waals surface area contributed by atoms with E-state index in [2.05, 4.69) is 10.3 Å². The Morgan fingerprint density at radius 3 is 2.48 bits per heavy atom. The summed E-state index contributed by atoms with van der Waals surface area (Å²) in [4.78, 5) is 20.7. The van der Waals surface area contributed by atoms with Gasteiger partial charge in [-0.15, -0.1) is 0 Å². The van der Waals surface area contributed by atoms with Gasteiger partial charge in [0.2, 0.25) is 0 Å². The van der Waals surface area contributed by atoms with E-state index < -0.39 is 0 Å². The molecule has 4 aromatic rings. The Balaban J connectivity index is 1.74. The highest BCUT2D eigenvalue weighted by Crippen LogP contribution is 2.32. The van der Waals surface area contributed by atoms with E-state index in [4.69, 9.17) is 14.5 Å². The first kappa shape index (κ1) is 18.5. The molecule has 0 bridgehead atoms. The van der Waals surface area contributed by atoms with Gasteiger partial charge in [0.1, 0.15) is 0 Å². The van der Waals surface area contributed by atoms with Gasteiger partial charge in [-0.2, -0.15) is 0 Å². The minimum atomic E-state index is 0.0328. The zero-order valence-electron chi connectivity index (χ0n) is 16.3. The molecule has 146 valence electrons. The molecule has 0 aliphatic rings. The molecule has 2 aromatic heterocycles. The van der Waals surface area contributed by atoms with Gasteiger partial charge >= 0.3 is 0 Å². The van der Waals surface area contributed by atoms with Crippen LogP contribution in [0.25, 0.3) is 16.9 Å². The Hall–Kier alpha value is -3.87. The van der Waals surface area contributed by atoms with Crippen LogP contribution in [0.5, 0.6) is 11.5 Å². The Kier molecular flexibility index (Phi) is 4.87. The first-order valence-corrected chi connectivity index (χ1v) is 9.03. The van der Waals surface area contributed by atoms with Crippen LogP contribution in [0.1, 0.15) is 17.3 Å². The molecular weight excluding hydrogens is 368 g/mol. The third-order valence-electron chi connectivity index (χ3n) is 4.61. The van der Waals surface area contributed by atoms with E-state index in [-0.39, 0.29) is 5.78 Å². The summed E-state index contributed by atoms with van der Waals surface area (Å²) in [6.45, 7) is 1.55. The van der Waals surface area contributed by atoms with Crippen molar-refractivity contribution >= 4 is 22.9 Å². The van der Waals surface area contributed by atoms with E-state index in [1.807, 2.05) is 47.1 Å². The Labute approximate surface area is 168 Å². The summed E-state index contributed by atoms with van der Waals surface area (Å²) in [5, 5.41) is 3.31. The van der Waals surface area contributed by atoms with E-state index in [0.717, 1.165) is 16.9 Å². The van der Waals surface area contributed by atoms with Gasteiger partial charge in [-0.25, -0.2) is 9.97 Å². The predicted octanol–water partition coefficient (Wildman–Crippen LogP) is 4.36. The largest absolute Gasteiger partial charge is 0.493 e. The number of ether oxygens (including phenoxy) is 2. The zero-order chi connectivity index (χ0) is 20.4. The maximum absolute atomic E-state index is 11.5. The van der Waals surface area contributed by atoms with Crippen LogP contribution in [-0.2, 0) is 0 Å². The first-order chi connectivity index (χ1) is 14.1. The molecule has 1 N–H and O–H groups in total. The highest BCUT2D eigenvalue weighted by molar-refractivity contribution is 5.94. The number of hydrogen-bond acceptors (Lipinski definition) is 6. The number of Topliss-reactive ketones (excluding diaryl/α,β-unsaturated/α-hetero) is 1. The number of aromatic nitrogens is 3. The third-order valence-corrected chi connectivity index (χ3v) is 4.61. The van der Waals surface area contributed by atoms with Crippen molar-refractivity contribution in [3.8, 4) is 22.8 Å². The smallest absolute Gasteiger partial charge is 0.180 e. The minimum Gasteiger partial charge on any atom is -0.493 e. The Bertz CT molecular complexity index is 1180. The Morgan fingerprint density at radius 2 is 1.79 bits per heavy atom. The maximum Gasteiger partial charge on any atom is 0.180 e. The van der Waals surface area contributed by atoms with Crippen LogP contribution < -0.4 is 14.8 Å². The van der Waals surface area contributed by atoms with Crippen LogP contribution in [-0.4, -0.2) is 34.4 Å². The van der Waals surface area contributed by atoms with Crippen molar-refractivity contribution in [1.82, 2.24) is 14.4 Å². The van der Waals surface area contributed by atoms with E-state index in [9.17, 15) is 4.79 Å². The minimum absolute atomic E-state index is 0.0328. The second kappa shape index (κ2) is 7.63. The van der Waals surface area contributed by atoms with Crippen molar-refractivity contribution in [1.29, 1.82) is 0 Å². The lowest BCUT2D eigenvalue weighted by molar-refractivity contribution is 0.101. The molecule has 0 amide bonds. The molecule has 4 rings (SSSR count). The first-order valence-electron chi connectivity index (χ1n) is 9.03. The summed E-state index contributed by atoms with van der Waals surface area (Å²) in [6.07, 6.45) is 5.49. The molecule has 0 aliphatic heterocycles. The molecule has 0 fully saturated rings. The molecular formula is C22H20N4O3. The van der Waals surface area contributed by atoms with Gasteiger partial charge < -0.3 is 19.2 Å². The van der Waals surface area contributed by atoms with Crippen molar-refractivity contribution in [2.45, 2.75) is 6.92 Å². The summed E-state index contributed by atoms with van der Waals surface area (Å²) in [5.74, 6) is 1.91. The summed E-state index contributed by atoms with van der Waals surface area (Å²) in [5.41, 5.74) is 3.82. The van der Waals surface area contributed by atoms with Gasteiger partial charge in [-0.1, -0.05) is 24.3 Å². The third kappa shape index (κ3) is 3.62. The topological polar surface area (TPSA) is 77.8 Å². The van der Waals surface area contributed by atoms with Gasteiger partial charge in [-0.3, -0.25) is 4.79 Å². The number of imidazole rings is 1. The fourth-order valence-corrected chi connectivity index (χ4v) is 3.08. The fourth-order valence-electron chi connectivity index (χ4n) is 3.08. The molecule has 0 spiro atoms. The highest BCUT2D eigenvalue weighted by Gasteiger charge is 2.12. The number of nitrogens with zero attached hydrogens (tertiary/aromatic N) is 3. The van der Waals surface area contributed by atoms with Gasteiger partial charge in [0.05, 0.1) is 19.9 Å². The quantitative estimate of drug-likeness (QED) is 0.495. The van der Waals surface area contributed by atoms with E-state index in [1.165, 1.54) is 0 Å². The van der Waals surface area contributed by atoms with Crippen LogP contribution in [0.2, 0.25) is 0 Å².